The summed E-state index contributed by atoms with van der Waals surface area (Å²) in [7, 11) is 1.74. The minimum atomic E-state index is 0.711. The highest BCUT2D eigenvalue weighted by Crippen LogP contribution is 1.96. The average Bonchev–Trinajstić information content (AvgIpc) is 2.65. The van der Waals surface area contributed by atoms with Crippen molar-refractivity contribution in [3.63, 3.8) is 0 Å². The van der Waals surface area contributed by atoms with E-state index in [0.29, 0.717) is 5.82 Å². The lowest BCUT2D eigenvalue weighted by Crippen LogP contribution is -1.91. The van der Waals surface area contributed by atoms with Crippen molar-refractivity contribution in [2.45, 2.75) is 20.3 Å². The Morgan fingerprint density at radius 1 is 1.20 bits per heavy atom. The number of aryl methyl sites for hydroxylation is 3. The highest BCUT2D eigenvalue weighted by Gasteiger charge is 1.85. The maximum absolute atomic E-state index is 3.81. The van der Waals surface area contributed by atoms with Gasteiger partial charge in [0.05, 0.1) is 7.05 Å². The Labute approximate surface area is 89.9 Å². The van der Waals surface area contributed by atoms with Gasteiger partial charge in [-0.25, -0.2) is 0 Å². The first-order valence-corrected chi connectivity index (χ1v) is 4.97. The summed E-state index contributed by atoms with van der Waals surface area (Å²) in [5.41, 5.74) is 1.41. The Hall–Kier alpha value is -1.71. The fraction of sp³-hybridized carbons (Fsp3) is 0.364. The molecular formula is C11H16N4. The van der Waals surface area contributed by atoms with Gasteiger partial charge in [0.2, 0.25) is 0 Å². The third-order valence-electron chi connectivity index (χ3n) is 1.86. The van der Waals surface area contributed by atoms with Crippen molar-refractivity contribution in [2.75, 3.05) is 0 Å². The first-order valence-electron chi connectivity index (χ1n) is 4.97. The van der Waals surface area contributed by atoms with Gasteiger partial charge in [-0.3, -0.25) is 0 Å². The summed E-state index contributed by atoms with van der Waals surface area (Å²) in [6.07, 6.45) is 1.14. The van der Waals surface area contributed by atoms with E-state index in [1.807, 2.05) is 6.07 Å². The summed E-state index contributed by atoms with van der Waals surface area (Å²) >= 11 is 0. The van der Waals surface area contributed by atoms with Crippen LogP contribution in [0.2, 0.25) is 0 Å². The van der Waals surface area contributed by atoms with E-state index < -0.39 is 0 Å². The van der Waals surface area contributed by atoms with Gasteiger partial charge in [0, 0.05) is 0 Å². The summed E-state index contributed by atoms with van der Waals surface area (Å²) in [4.78, 5) is 1.43. The molecule has 0 aliphatic rings. The molecule has 2 rings (SSSR count). The first-order chi connectivity index (χ1) is 7.22. The van der Waals surface area contributed by atoms with Crippen LogP contribution < -0.4 is 0 Å². The minimum absolute atomic E-state index is 0.711. The van der Waals surface area contributed by atoms with Crippen LogP contribution in [0.5, 0.6) is 0 Å². The van der Waals surface area contributed by atoms with Crippen LogP contribution in [0.25, 0.3) is 0 Å². The Morgan fingerprint density at radius 3 is 2.13 bits per heavy atom. The van der Waals surface area contributed by atoms with E-state index in [1.165, 1.54) is 10.4 Å². The van der Waals surface area contributed by atoms with Crippen molar-refractivity contribution in [1.82, 2.24) is 20.2 Å². The Morgan fingerprint density at radius 2 is 1.87 bits per heavy atom. The van der Waals surface area contributed by atoms with Gasteiger partial charge in [-0.1, -0.05) is 37.3 Å². The predicted molar refractivity (Wildman–Crippen MR) is 59.4 cm³/mol. The van der Waals surface area contributed by atoms with Gasteiger partial charge < -0.3 is 0 Å². The summed E-state index contributed by atoms with van der Waals surface area (Å²) < 4.78 is 0. The summed E-state index contributed by atoms with van der Waals surface area (Å²) in [5, 5.41) is 11.0. The lowest BCUT2D eigenvalue weighted by Gasteiger charge is -1.89. The van der Waals surface area contributed by atoms with Crippen LogP contribution in [0, 0.1) is 6.92 Å². The van der Waals surface area contributed by atoms with E-state index in [4.69, 9.17) is 0 Å². The zero-order chi connectivity index (χ0) is 11.1. The van der Waals surface area contributed by atoms with E-state index >= 15 is 0 Å². The minimum Gasteiger partial charge on any atom is -0.167 e. The van der Waals surface area contributed by atoms with Crippen molar-refractivity contribution in [2.24, 2.45) is 7.05 Å². The van der Waals surface area contributed by atoms with Gasteiger partial charge in [0.25, 0.3) is 0 Å². The Balaban J connectivity index is 0.000000151. The number of tetrazole rings is 1. The molecule has 0 radical (unpaired) electrons. The van der Waals surface area contributed by atoms with Crippen molar-refractivity contribution < 1.29 is 0 Å². The summed E-state index contributed by atoms with van der Waals surface area (Å²) in [5.74, 6) is 0.711. The predicted octanol–water partition coefficient (Wildman–Crippen LogP) is 1.77. The third-order valence-corrected chi connectivity index (χ3v) is 1.86. The second kappa shape index (κ2) is 5.90. The van der Waals surface area contributed by atoms with Gasteiger partial charge in [0.15, 0.2) is 5.82 Å². The molecule has 0 saturated carbocycles. The Bertz CT molecular complexity index is 364. The molecule has 0 atom stereocenters. The van der Waals surface area contributed by atoms with Gasteiger partial charge in [-0.15, -0.1) is 10.2 Å². The molecule has 0 amide bonds. The molecular weight excluding hydrogens is 188 g/mol. The number of aromatic nitrogens is 4. The maximum atomic E-state index is 3.81. The molecule has 1 heterocycles. The normalized spacial score (nSPS) is 9.27. The highest BCUT2D eigenvalue weighted by molar-refractivity contribution is 5.13. The van der Waals surface area contributed by atoms with Gasteiger partial charge in [-0.2, -0.15) is 4.80 Å². The summed E-state index contributed by atoms with van der Waals surface area (Å²) in [6.45, 7) is 3.96. The zero-order valence-electron chi connectivity index (χ0n) is 9.38. The molecule has 0 aliphatic heterocycles. The van der Waals surface area contributed by atoms with E-state index in [9.17, 15) is 0 Å². The molecule has 1 aromatic carbocycles. The van der Waals surface area contributed by atoms with Gasteiger partial charge in [-0.05, 0) is 24.1 Å². The van der Waals surface area contributed by atoms with Crippen LogP contribution in [0.4, 0.5) is 0 Å². The molecule has 0 saturated heterocycles. The second-order valence-electron chi connectivity index (χ2n) is 3.17. The van der Waals surface area contributed by atoms with Crippen LogP contribution in [0.15, 0.2) is 30.3 Å². The third kappa shape index (κ3) is 4.35. The monoisotopic (exact) mass is 204 g/mol. The number of rotatable bonds is 1. The molecule has 0 spiro atoms. The van der Waals surface area contributed by atoms with Crippen LogP contribution in [-0.2, 0) is 13.5 Å². The highest BCUT2D eigenvalue weighted by atomic mass is 15.6. The van der Waals surface area contributed by atoms with Gasteiger partial charge >= 0.3 is 0 Å². The lowest BCUT2D eigenvalue weighted by molar-refractivity contribution is 0.629. The number of hydrogen-bond donors (Lipinski definition) is 0. The first kappa shape index (κ1) is 11.4. The number of hydrogen-bond acceptors (Lipinski definition) is 3. The lowest BCUT2D eigenvalue weighted by atomic mass is 10.2. The molecule has 80 valence electrons. The number of benzene rings is 1. The molecule has 0 fully saturated rings. The van der Waals surface area contributed by atoms with Crippen LogP contribution in [-0.4, -0.2) is 20.2 Å². The van der Waals surface area contributed by atoms with Crippen LogP contribution >= 0.6 is 0 Å². The van der Waals surface area contributed by atoms with E-state index in [0.717, 1.165) is 6.42 Å². The second-order valence-corrected chi connectivity index (χ2v) is 3.17. The molecule has 0 aliphatic carbocycles. The van der Waals surface area contributed by atoms with E-state index in [1.54, 1.807) is 14.0 Å². The molecule has 2 aromatic rings. The van der Waals surface area contributed by atoms with E-state index in [2.05, 4.69) is 46.6 Å². The van der Waals surface area contributed by atoms with Crippen LogP contribution in [0.1, 0.15) is 18.3 Å². The molecule has 15 heavy (non-hydrogen) atoms. The fourth-order valence-electron chi connectivity index (χ4n) is 1.09. The smallest absolute Gasteiger partial charge is 0.167 e. The van der Waals surface area contributed by atoms with Crippen molar-refractivity contribution >= 4 is 0 Å². The molecule has 0 N–H and O–H groups in total. The molecule has 4 heteroatoms. The molecule has 1 aromatic heterocycles. The average molecular weight is 204 g/mol. The van der Waals surface area contributed by atoms with Crippen molar-refractivity contribution in [3.8, 4) is 0 Å². The molecule has 0 unspecified atom stereocenters. The maximum Gasteiger partial charge on any atom is 0.171 e. The fourth-order valence-corrected chi connectivity index (χ4v) is 1.09. The van der Waals surface area contributed by atoms with Crippen molar-refractivity contribution in [3.05, 3.63) is 41.7 Å². The van der Waals surface area contributed by atoms with Gasteiger partial charge in [0.1, 0.15) is 0 Å². The molecule has 0 bridgehead atoms. The molecule has 4 nitrogen and oxygen atoms in total. The Kier molecular flexibility index (Phi) is 4.47. The number of nitrogens with zero attached hydrogens (tertiary/aromatic N) is 4. The van der Waals surface area contributed by atoms with Crippen molar-refractivity contribution in [1.29, 1.82) is 0 Å². The SMILES string of the molecule is CCc1ccccc1.Cc1nnn(C)n1. The zero-order valence-corrected chi connectivity index (χ0v) is 9.38. The standard InChI is InChI=1S/C8H10.C3H6N4/c1-2-8-6-4-3-5-7-8;1-3-4-6-7(2)5-3/h3-7H,2H2,1H3;1-2H3. The summed E-state index contributed by atoms with van der Waals surface area (Å²) in [6, 6.07) is 10.5. The van der Waals surface area contributed by atoms with E-state index in [-0.39, 0.29) is 0 Å². The quantitative estimate of drug-likeness (QED) is 0.711. The van der Waals surface area contributed by atoms with Crippen LogP contribution in [0.3, 0.4) is 0 Å². The topological polar surface area (TPSA) is 43.6 Å². The largest absolute Gasteiger partial charge is 0.171 e.